The van der Waals surface area contributed by atoms with Crippen LogP contribution < -0.4 is 10.1 Å². The number of carbonyl (C=O) groups excluding carboxylic acids is 2. The number of nitrogens with zero attached hydrogens (tertiary/aromatic N) is 1. The average molecular weight is 350 g/mol. The summed E-state index contributed by atoms with van der Waals surface area (Å²) in [5.74, 6) is 6.51. The van der Waals surface area contributed by atoms with E-state index in [1.54, 1.807) is 45.5 Å². The standard InChI is InChI=1S/C21H22N2O3/c1-23(2)21(25)18-10-6-16(7-11-18)5-4-14-22-20(24)15-17-8-12-19(26-3)13-9-17/h6-13H,14-15H2,1-3H3,(H,22,24). The minimum absolute atomic E-state index is 0.0460. The van der Waals surface area contributed by atoms with Gasteiger partial charge >= 0.3 is 0 Å². The first-order chi connectivity index (χ1) is 12.5. The number of carbonyl (C=O) groups is 2. The topological polar surface area (TPSA) is 58.6 Å². The lowest BCUT2D eigenvalue weighted by molar-refractivity contribution is -0.120. The minimum atomic E-state index is -0.0867. The lowest BCUT2D eigenvalue weighted by Gasteiger charge is -2.09. The molecule has 2 amide bonds. The maximum absolute atomic E-state index is 11.9. The van der Waals surface area contributed by atoms with Crippen molar-refractivity contribution in [2.45, 2.75) is 6.42 Å². The van der Waals surface area contributed by atoms with Gasteiger partial charge in [-0.2, -0.15) is 0 Å². The third-order valence-corrected chi connectivity index (χ3v) is 3.67. The summed E-state index contributed by atoms with van der Waals surface area (Å²) in [5, 5.41) is 2.77. The van der Waals surface area contributed by atoms with Crippen molar-refractivity contribution in [2.24, 2.45) is 0 Å². The van der Waals surface area contributed by atoms with Crippen molar-refractivity contribution in [3.63, 3.8) is 0 Å². The highest BCUT2D eigenvalue weighted by molar-refractivity contribution is 5.93. The summed E-state index contributed by atoms with van der Waals surface area (Å²) in [7, 11) is 5.03. The van der Waals surface area contributed by atoms with Gasteiger partial charge in [-0.05, 0) is 42.0 Å². The molecule has 0 aliphatic carbocycles. The van der Waals surface area contributed by atoms with Gasteiger partial charge in [0.15, 0.2) is 0 Å². The summed E-state index contributed by atoms with van der Waals surface area (Å²) in [6.45, 7) is 0.271. The van der Waals surface area contributed by atoms with Gasteiger partial charge < -0.3 is 15.0 Å². The second kappa shape index (κ2) is 9.28. The van der Waals surface area contributed by atoms with Crippen LogP contribution in [0.1, 0.15) is 21.5 Å². The van der Waals surface area contributed by atoms with E-state index in [0.717, 1.165) is 16.9 Å². The van der Waals surface area contributed by atoms with Gasteiger partial charge in [-0.3, -0.25) is 9.59 Å². The number of nitrogens with one attached hydrogen (secondary N) is 1. The maximum atomic E-state index is 11.9. The fourth-order valence-corrected chi connectivity index (χ4v) is 2.23. The number of benzene rings is 2. The molecule has 1 N–H and O–H groups in total. The van der Waals surface area contributed by atoms with Crippen molar-refractivity contribution in [2.75, 3.05) is 27.7 Å². The summed E-state index contributed by atoms with van der Waals surface area (Å²) in [6.07, 6.45) is 0.299. The van der Waals surface area contributed by atoms with E-state index in [1.165, 1.54) is 4.90 Å². The average Bonchev–Trinajstić information content (AvgIpc) is 2.65. The molecular weight excluding hydrogens is 328 g/mol. The Morgan fingerprint density at radius 1 is 1.04 bits per heavy atom. The SMILES string of the molecule is COc1ccc(CC(=O)NCC#Cc2ccc(C(=O)N(C)C)cc2)cc1. The molecule has 5 nitrogen and oxygen atoms in total. The Hall–Kier alpha value is -3.26. The molecule has 0 unspecified atom stereocenters. The van der Waals surface area contributed by atoms with Crippen LogP contribution in [0.25, 0.3) is 0 Å². The maximum Gasteiger partial charge on any atom is 0.253 e. The zero-order chi connectivity index (χ0) is 18.9. The molecule has 0 aliphatic heterocycles. The highest BCUT2D eigenvalue weighted by Gasteiger charge is 2.06. The van der Waals surface area contributed by atoms with E-state index < -0.39 is 0 Å². The molecule has 0 bridgehead atoms. The molecular formula is C21H22N2O3. The van der Waals surface area contributed by atoms with Gasteiger partial charge in [0.1, 0.15) is 5.75 Å². The fourth-order valence-electron chi connectivity index (χ4n) is 2.23. The number of ether oxygens (including phenoxy) is 1. The minimum Gasteiger partial charge on any atom is -0.497 e. The molecule has 0 atom stereocenters. The van der Waals surface area contributed by atoms with Gasteiger partial charge in [0.05, 0.1) is 20.1 Å². The van der Waals surface area contributed by atoms with Crippen LogP contribution in [-0.2, 0) is 11.2 Å². The van der Waals surface area contributed by atoms with Crippen LogP contribution in [0.4, 0.5) is 0 Å². The lowest BCUT2D eigenvalue weighted by Crippen LogP contribution is -2.25. The van der Waals surface area contributed by atoms with Gasteiger partial charge in [-0.25, -0.2) is 0 Å². The van der Waals surface area contributed by atoms with Crippen molar-refractivity contribution < 1.29 is 14.3 Å². The van der Waals surface area contributed by atoms with Gasteiger partial charge in [-0.1, -0.05) is 24.0 Å². The molecule has 0 saturated carbocycles. The summed E-state index contributed by atoms with van der Waals surface area (Å²) in [4.78, 5) is 25.2. The number of methoxy groups -OCH3 is 1. The predicted octanol–water partition coefficient (Wildman–Crippen LogP) is 2.11. The van der Waals surface area contributed by atoms with Gasteiger partial charge in [0.25, 0.3) is 5.91 Å². The zero-order valence-corrected chi connectivity index (χ0v) is 15.2. The Balaban J connectivity index is 1.82. The quantitative estimate of drug-likeness (QED) is 0.840. The summed E-state index contributed by atoms with van der Waals surface area (Å²) >= 11 is 0. The highest BCUT2D eigenvalue weighted by Crippen LogP contribution is 2.11. The molecule has 2 aromatic rings. The molecule has 0 radical (unpaired) electrons. The molecule has 2 rings (SSSR count). The van der Waals surface area contributed by atoms with E-state index >= 15 is 0 Å². The Bertz CT molecular complexity index is 813. The molecule has 5 heteroatoms. The third-order valence-electron chi connectivity index (χ3n) is 3.67. The Morgan fingerprint density at radius 3 is 2.27 bits per heavy atom. The highest BCUT2D eigenvalue weighted by atomic mass is 16.5. The number of amides is 2. The van der Waals surface area contributed by atoms with Crippen molar-refractivity contribution in [1.29, 1.82) is 0 Å². The molecule has 0 heterocycles. The molecule has 0 fully saturated rings. The third kappa shape index (κ3) is 5.67. The number of hydrogen-bond donors (Lipinski definition) is 1. The van der Waals surface area contributed by atoms with E-state index in [0.29, 0.717) is 12.0 Å². The summed E-state index contributed by atoms with van der Waals surface area (Å²) in [5.41, 5.74) is 2.33. The predicted molar refractivity (Wildman–Crippen MR) is 101 cm³/mol. The normalized spacial score (nSPS) is 9.65. The Morgan fingerprint density at radius 2 is 1.69 bits per heavy atom. The zero-order valence-electron chi connectivity index (χ0n) is 15.2. The number of rotatable bonds is 5. The lowest BCUT2D eigenvalue weighted by atomic mass is 10.1. The van der Waals surface area contributed by atoms with Gasteiger partial charge in [0.2, 0.25) is 5.91 Å². The van der Waals surface area contributed by atoms with Crippen LogP contribution in [-0.4, -0.2) is 44.5 Å². The van der Waals surface area contributed by atoms with Crippen LogP contribution in [0, 0.1) is 11.8 Å². The summed E-state index contributed by atoms with van der Waals surface area (Å²) in [6, 6.07) is 14.5. The van der Waals surface area contributed by atoms with E-state index in [9.17, 15) is 9.59 Å². The van der Waals surface area contributed by atoms with Crippen LogP contribution in [0.3, 0.4) is 0 Å². The molecule has 2 aromatic carbocycles. The molecule has 0 saturated heterocycles. The molecule has 26 heavy (non-hydrogen) atoms. The van der Waals surface area contributed by atoms with Crippen molar-refractivity contribution >= 4 is 11.8 Å². The van der Waals surface area contributed by atoms with E-state index in [2.05, 4.69) is 17.2 Å². The Labute approximate surface area is 154 Å². The second-order valence-electron chi connectivity index (χ2n) is 5.88. The van der Waals surface area contributed by atoms with Crippen molar-refractivity contribution in [3.05, 3.63) is 65.2 Å². The van der Waals surface area contributed by atoms with Crippen LogP contribution >= 0.6 is 0 Å². The first-order valence-corrected chi connectivity index (χ1v) is 8.20. The monoisotopic (exact) mass is 350 g/mol. The van der Waals surface area contributed by atoms with E-state index in [4.69, 9.17) is 4.74 Å². The van der Waals surface area contributed by atoms with Crippen molar-refractivity contribution in [1.82, 2.24) is 10.2 Å². The van der Waals surface area contributed by atoms with Gasteiger partial charge in [0, 0.05) is 25.2 Å². The smallest absolute Gasteiger partial charge is 0.253 e. The largest absolute Gasteiger partial charge is 0.497 e. The van der Waals surface area contributed by atoms with Crippen LogP contribution in [0.15, 0.2) is 48.5 Å². The van der Waals surface area contributed by atoms with Gasteiger partial charge in [-0.15, -0.1) is 0 Å². The Kier molecular flexibility index (Phi) is 6.81. The molecule has 0 aliphatic rings. The first kappa shape index (κ1) is 19.1. The molecule has 0 spiro atoms. The van der Waals surface area contributed by atoms with E-state index in [-0.39, 0.29) is 18.4 Å². The first-order valence-electron chi connectivity index (χ1n) is 8.20. The second-order valence-corrected chi connectivity index (χ2v) is 5.88. The van der Waals surface area contributed by atoms with Crippen LogP contribution in [0.2, 0.25) is 0 Å². The molecule has 0 aromatic heterocycles. The number of hydrogen-bond acceptors (Lipinski definition) is 3. The van der Waals surface area contributed by atoms with Crippen molar-refractivity contribution in [3.8, 4) is 17.6 Å². The summed E-state index contributed by atoms with van der Waals surface area (Å²) < 4.78 is 5.09. The van der Waals surface area contributed by atoms with E-state index in [1.807, 2.05) is 24.3 Å². The molecule has 134 valence electrons. The fraction of sp³-hybridized carbons (Fsp3) is 0.238. The van der Waals surface area contributed by atoms with Crippen LogP contribution in [0.5, 0.6) is 5.75 Å².